The van der Waals surface area contributed by atoms with Crippen molar-refractivity contribution in [3.8, 4) is 0 Å². The minimum Gasteiger partial charge on any atom is -0.465 e. The summed E-state index contributed by atoms with van der Waals surface area (Å²) in [5, 5.41) is 0. The van der Waals surface area contributed by atoms with E-state index in [-0.39, 0.29) is 23.8 Å². The maximum Gasteiger partial charge on any atom is 0.308 e. The zero-order chi connectivity index (χ0) is 16.2. The van der Waals surface area contributed by atoms with E-state index in [1.54, 1.807) is 0 Å². The van der Waals surface area contributed by atoms with Gasteiger partial charge in [-0.05, 0) is 38.5 Å². The average molecular weight is 312 g/mol. The summed E-state index contributed by atoms with van der Waals surface area (Å²) in [5.41, 5.74) is 0. The number of unbranched alkanes of at least 4 members (excludes halogenated alkanes) is 4. The Hall–Kier alpha value is -1.06. The molecule has 128 valence electrons. The van der Waals surface area contributed by atoms with Gasteiger partial charge in [0.05, 0.1) is 25.0 Å². The number of carbonyl (C=O) groups excluding carboxylic acids is 2. The lowest BCUT2D eigenvalue weighted by atomic mass is 9.82. The van der Waals surface area contributed by atoms with Gasteiger partial charge >= 0.3 is 11.9 Å². The van der Waals surface area contributed by atoms with Gasteiger partial charge in [-0.1, -0.05) is 39.5 Å². The van der Waals surface area contributed by atoms with Gasteiger partial charge in [-0.3, -0.25) is 9.59 Å². The lowest BCUT2D eigenvalue weighted by molar-refractivity contribution is -0.155. The molecule has 0 unspecified atom stereocenters. The molecular formula is C18H32O4. The van der Waals surface area contributed by atoms with Gasteiger partial charge in [0.1, 0.15) is 0 Å². The number of ether oxygens (including phenoxy) is 2. The van der Waals surface area contributed by atoms with Crippen molar-refractivity contribution in [3.63, 3.8) is 0 Å². The number of carbonyl (C=O) groups is 2. The Bertz CT molecular complexity index is 287. The predicted octanol–water partition coefficient (Wildman–Crippen LogP) is 4.26. The highest BCUT2D eigenvalue weighted by Crippen LogP contribution is 2.30. The molecule has 0 saturated heterocycles. The Morgan fingerprint density at radius 3 is 1.41 bits per heavy atom. The van der Waals surface area contributed by atoms with Crippen LogP contribution >= 0.6 is 0 Å². The van der Waals surface area contributed by atoms with Gasteiger partial charge in [0.25, 0.3) is 0 Å². The SMILES string of the molecule is CCCCCOC(=O)C1CCC(C(=O)OCCCCC)CC1. The van der Waals surface area contributed by atoms with Crippen molar-refractivity contribution in [2.75, 3.05) is 13.2 Å². The zero-order valence-electron chi connectivity index (χ0n) is 14.3. The van der Waals surface area contributed by atoms with Crippen LogP contribution in [-0.2, 0) is 19.1 Å². The van der Waals surface area contributed by atoms with Crippen LogP contribution in [0.4, 0.5) is 0 Å². The molecular weight excluding hydrogens is 280 g/mol. The van der Waals surface area contributed by atoms with E-state index in [9.17, 15) is 9.59 Å². The van der Waals surface area contributed by atoms with E-state index >= 15 is 0 Å². The van der Waals surface area contributed by atoms with E-state index in [1.807, 2.05) is 0 Å². The molecule has 0 radical (unpaired) electrons. The molecule has 0 atom stereocenters. The highest BCUT2D eigenvalue weighted by molar-refractivity contribution is 5.75. The largest absolute Gasteiger partial charge is 0.465 e. The normalized spacial score (nSPS) is 21.4. The van der Waals surface area contributed by atoms with Crippen molar-refractivity contribution >= 4 is 11.9 Å². The fourth-order valence-electron chi connectivity index (χ4n) is 2.85. The van der Waals surface area contributed by atoms with Crippen LogP contribution in [0.15, 0.2) is 0 Å². The predicted molar refractivity (Wildman–Crippen MR) is 86.4 cm³/mol. The van der Waals surface area contributed by atoms with Crippen LogP contribution in [0.1, 0.15) is 78.1 Å². The first-order valence-corrected chi connectivity index (χ1v) is 9.02. The number of esters is 2. The summed E-state index contributed by atoms with van der Waals surface area (Å²) in [6, 6.07) is 0. The summed E-state index contributed by atoms with van der Waals surface area (Å²) in [4.78, 5) is 23.9. The highest BCUT2D eigenvalue weighted by Gasteiger charge is 2.31. The topological polar surface area (TPSA) is 52.6 Å². The molecule has 0 aromatic rings. The molecule has 1 fully saturated rings. The first-order valence-electron chi connectivity index (χ1n) is 9.02. The molecule has 4 nitrogen and oxygen atoms in total. The van der Waals surface area contributed by atoms with Gasteiger partial charge in [-0.15, -0.1) is 0 Å². The smallest absolute Gasteiger partial charge is 0.308 e. The summed E-state index contributed by atoms with van der Waals surface area (Å²) < 4.78 is 10.6. The van der Waals surface area contributed by atoms with E-state index in [4.69, 9.17) is 9.47 Å². The minimum absolute atomic E-state index is 0.0224. The monoisotopic (exact) mass is 312 g/mol. The summed E-state index contributed by atoms with van der Waals surface area (Å²) >= 11 is 0. The molecule has 0 aromatic heterocycles. The van der Waals surface area contributed by atoms with Crippen molar-refractivity contribution in [1.29, 1.82) is 0 Å². The van der Waals surface area contributed by atoms with Crippen LogP contribution in [0.25, 0.3) is 0 Å². The number of hydrogen-bond acceptors (Lipinski definition) is 4. The molecule has 1 rings (SSSR count). The van der Waals surface area contributed by atoms with Crippen molar-refractivity contribution < 1.29 is 19.1 Å². The van der Waals surface area contributed by atoms with Crippen LogP contribution < -0.4 is 0 Å². The minimum atomic E-state index is -0.0779. The third-order valence-corrected chi connectivity index (χ3v) is 4.38. The third-order valence-electron chi connectivity index (χ3n) is 4.38. The Labute approximate surface area is 134 Å². The van der Waals surface area contributed by atoms with Crippen LogP contribution in [0.2, 0.25) is 0 Å². The highest BCUT2D eigenvalue weighted by atomic mass is 16.5. The molecule has 0 aliphatic heterocycles. The van der Waals surface area contributed by atoms with E-state index in [1.165, 1.54) is 0 Å². The molecule has 22 heavy (non-hydrogen) atoms. The number of rotatable bonds is 10. The maximum atomic E-state index is 11.9. The molecule has 0 amide bonds. The Balaban J connectivity index is 2.16. The number of hydrogen-bond donors (Lipinski definition) is 0. The first-order chi connectivity index (χ1) is 10.7. The summed E-state index contributed by atoms with van der Waals surface area (Å²) in [7, 11) is 0. The molecule has 0 aromatic carbocycles. The van der Waals surface area contributed by atoms with E-state index in [2.05, 4.69) is 13.8 Å². The quantitative estimate of drug-likeness (QED) is 0.447. The van der Waals surface area contributed by atoms with Crippen LogP contribution in [0.5, 0.6) is 0 Å². The summed E-state index contributed by atoms with van der Waals surface area (Å²) in [5.74, 6) is -0.201. The summed E-state index contributed by atoms with van der Waals surface area (Å²) in [6.07, 6.45) is 9.36. The van der Waals surface area contributed by atoms with Gasteiger partial charge in [0.15, 0.2) is 0 Å². The molecule has 1 saturated carbocycles. The van der Waals surface area contributed by atoms with E-state index in [0.29, 0.717) is 13.2 Å². The second-order valence-corrected chi connectivity index (χ2v) is 6.30. The van der Waals surface area contributed by atoms with Crippen LogP contribution in [0, 0.1) is 11.8 Å². The van der Waals surface area contributed by atoms with Gasteiger partial charge in [-0.2, -0.15) is 0 Å². The zero-order valence-corrected chi connectivity index (χ0v) is 14.3. The molecule has 1 aliphatic rings. The third kappa shape index (κ3) is 7.28. The molecule has 0 bridgehead atoms. The standard InChI is InChI=1S/C18H32O4/c1-3-5-7-13-21-17(19)15-9-11-16(12-10-15)18(20)22-14-8-6-4-2/h15-16H,3-14H2,1-2H3. The van der Waals surface area contributed by atoms with E-state index in [0.717, 1.165) is 64.2 Å². The van der Waals surface area contributed by atoms with Gasteiger partial charge < -0.3 is 9.47 Å². The van der Waals surface area contributed by atoms with Gasteiger partial charge in [-0.25, -0.2) is 0 Å². The molecule has 0 N–H and O–H groups in total. The van der Waals surface area contributed by atoms with Crippen molar-refractivity contribution in [3.05, 3.63) is 0 Å². The maximum absolute atomic E-state index is 11.9. The molecule has 4 heteroatoms. The Kier molecular flexibility index (Phi) is 9.93. The fraction of sp³-hybridized carbons (Fsp3) is 0.889. The second kappa shape index (κ2) is 11.5. The van der Waals surface area contributed by atoms with Crippen LogP contribution in [-0.4, -0.2) is 25.2 Å². The van der Waals surface area contributed by atoms with Crippen molar-refractivity contribution in [2.45, 2.75) is 78.1 Å². The lowest BCUT2D eigenvalue weighted by Gasteiger charge is -2.26. The molecule has 0 spiro atoms. The fourth-order valence-corrected chi connectivity index (χ4v) is 2.85. The van der Waals surface area contributed by atoms with Crippen LogP contribution in [0.3, 0.4) is 0 Å². The first kappa shape index (κ1) is 19.0. The Morgan fingerprint density at radius 2 is 1.09 bits per heavy atom. The second-order valence-electron chi connectivity index (χ2n) is 6.30. The van der Waals surface area contributed by atoms with Crippen molar-refractivity contribution in [2.24, 2.45) is 11.8 Å². The lowest BCUT2D eigenvalue weighted by Crippen LogP contribution is -2.28. The molecule has 0 heterocycles. The average Bonchev–Trinajstić information content (AvgIpc) is 2.55. The Morgan fingerprint density at radius 1 is 0.727 bits per heavy atom. The van der Waals surface area contributed by atoms with Gasteiger partial charge in [0, 0.05) is 0 Å². The van der Waals surface area contributed by atoms with Gasteiger partial charge in [0.2, 0.25) is 0 Å². The van der Waals surface area contributed by atoms with E-state index < -0.39 is 0 Å². The molecule has 1 aliphatic carbocycles. The van der Waals surface area contributed by atoms with Crippen molar-refractivity contribution in [1.82, 2.24) is 0 Å². The summed E-state index contributed by atoms with van der Waals surface area (Å²) in [6.45, 7) is 5.33.